The molecule has 1 heteroatoms. The predicted molar refractivity (Wildman–Crippen MR) is 40.3 cm³/mol. The van der Waals surface area contributed by atoms with Crippen molar-refractivity contribution >= 4 is 0 Å². The summed E-state index contributed by atoms with van der Waals surface area (Å²) in [7, 11) is 0. The van der Waals surface area contributed by atoms with E-state index in [-0.39, 0.29) is 6.10 Å². The van der Waals surface area contributed by atoms with E-state index >= 15 is 0 Å². The number of hydrogen-bond acceptors (Lipinski definition) is 1. The lowest BCUT2D eigenvalue weighted by molar-refractivity contribution is 0.151. The molecule has 0 saturated carbocycles. The minimum absolute atomic E-state index is 0.137. The molecule has 0 aromatic rings. The standard InChI is InChI=1S/C8H18O/c1-6(2)7(3)5-8(4)9/h6-9H,5H2,1-4H3/t7-,8+/m0/s1. The fraction of sp³-hybridized carbons (Fsp3) is 1.00. The summed E-state index contributed by atoms with van der Waals surface area (Å²) >= 11 is 0. The van der Waals surface area contributed by atoms with Crippen LogP contribution in [0.4, 0.5) is 0 Å². The van der Waals surface area contributed by atoms with E-state index in [0.717, 1.165) is 6.42 Å². The average molecular weight is 130 g/mol. The maximum atomic E-state index is 8.97. The zero-order valence-corrected chi connectivity index (χ0v) is 6.89. The van der Waals surface area contributed by atoms with Crippen LogP contribution < -0.4 is 0 Å². The number of aliphatic hydroxyl groups is 1. The Morgan fingerprint density at radius 2 is 1.56 bits per heavy atom. The van der Waals surface area contributed by atoms with Crippen LogP contribution in [0.2, 0.25) is 0 Å². The highest BCUT2D eigenvalue weighted by Crippen LogP contribution is 2.15. The van der Waals surface area contributed by atoms with Crippen LogP contribution in [0, 0.1) is 11.8 Å². The Balaban J connectivity index is 3.38. The summed E-state index contributed by atoms with van der Waals surface area (Å²) < 4.78 is 0. The highest BCUT2D eigenvalue weighted by molar-refractivity contribution is 4.59. The summed E-state index contributed by atoms with van der Waals surface area (Å²) in [6.07, 6.45) is 0.792. The Morgan fingerprint density at radius 3 is 1.67 bits per heavy atom. The van der Waals surface area contributed by atoms with E-state index in [1.165, 1.54) is 0 Å². The van der Waals surface area contributed by atoms with Crippen LogP contribution in [0.15, 0.2) is 0 Å². The number of rotatable bonds is 3. The van der Waals surface area contributed by atoms with E-state index in [4.69, 9.17) is 5.11 Å². The van der Waals surface area contributed by atoms with Gasteiger partial charge in [-0.2, -0.15) is 0 Å². The Morgan fingerprint density at radius 1 is 1.11 bits per heavy atom. The minimum atomic E-state index is -0.137. The molecule has 0 radical (unpaired) electrons. The second-order valence-electron chi connectivity index (χ2n) is 3.31. The molecule has 0 aliphatic carbocycles. The topological polar surface area (TPSA) is 20.2 Å². The molecular formula is C8H18O. The Hall–Kier alpha value is -0.0400. The van der Waals surface area contributed by atoms with Crippen LogP contribution in [0.25, 0.3) is 0 Å². The fourth-order valence-electron chi connectivity index (χ4n) is 0.810. The van der Waals surface area contributed by atoms with Crippen molar-refractivity contribution in [2.45, 2.75) is 40.2 Å². The predicted octanol–water partition coefficient (Wildman–Crippen LogP) is 2.05. The molecule has 2 atom stereocenters. The molecule has 0 aliphatic heterocycles. The summed E-state index contributed by atoms with van der Waals surface area (Å²) in [5, 5.41) is 8.97. The van der Waals surface area contributed by atoms with Crippen molar-refractivity contribution in [3.63, 3.8) is 0 Å². The molecule has 56 valence electrons. The largest absolute Gasteiger partial charge is 0.393 e. The van der Waals surface area contributed by atoms with Crippen molar-refractivity contribution in [3.05, 3.63) is 0 Å². The van der Waals surface area contributed by atoms with Gasteiger partial charge in [-0.3, -0.25) is 0 Å². The first-order chi connectivity index (χ1) is 4.04. The third-order valence-corrected chi connectivity index (χ3v) is 1.85. The molecule has 0 spiro atoms. The van der Waals surface area contributed by atoms with E-state index in [2.05, 4.69) is 20.8 Å². The normalized spacial score (nSPS) is 18.0. The molecular weight excluding hydrogens is 112 g/mol. The molecule has 0 aromatic heterocycles. The summed E-state index contributed by atoms with van der Waals surface area (Å²) in [5.41, 5.74) is 0. The molecule has 9 heavy (non-hydrogen) atoms. The van der Waals surface area contributed by atoms with Gasteiger partial charge >= 0.3 is 0 Å². The summed E-state index contributed by atoms with van der Waals surface area (Å²) in [6.45, 7) is 8.40. The van der Waals surface area contributed by atoms with Crippen molar-refractivity contribution in [2.24, 2.45) is 11.8 Å². The Kier molecular flexibility index (Phi) is 3.87. The van der Waals surface area contributed by atoms with Crippen LogP contribution in [-0.4, -0.2) is 11.2 Å². The van der Waals surface area contributed by atoms with Gasteiger partial charge in [-0.1, -0.05) is 20.8 Å². The molecule has 1 N–H and O–H groups in total. The lowest BCUT2D eigenvalue weighted by atomic mass is 9.93. The van der Waals surface area contributed by atoms with Gasteiger partial charge in [0.2, 0.25) is 0 Å². The fourth-order valence-corrected chi connectivity index (χ4v) is 0.810. The summed E-state index contributed by atoms with van der Waals surface area (Å²) in [4.78, 5) is 0. The van der Waals surface area contributed by atoms with Gasteiger partial charge in [0.05, 0.1) is 6.10 Å². The van der Waals surface area contributed by atoms with Crippen LogP contribution in [0.1, 0.15) is 34.1 Å². The van der Waals surface area contributed by atoms with E-state index in [1.54, 1.807) is 0 Å². The van der Waals surface area contributed by atoms with Gasteiger partial charge in [0.1, 0.15) is 0 Å². The third kappa shape index (κ3) is 4.46. The zero-order chi connectivity index (χ0) is 7.44. The van der Waals surface area contributed by atoms with Gasteiger partial charge in [-0.15, -0.1) is 0 Å². The summed E-state index contributed by atoms with van der Waals surface area (Å²) in [5.74, 6) is 1.34. The van der Waals surface area contributed by atoms with Crippen LogP contribution in [0.5, 0.6) is 0 Å². The van der Waals surface area contributed by atoms with E-state index in [9.17, 15) is 0 Å². The van der Waals surface area contributed by atoms with Gasteiger partial charge < -0.3 is 5.11 Å². The van der Waals surface area contributed by atoms with E-state index in [1.807, 2.05) is 6.92 Å². The molecule has 0 heterocycles. The van der Waals surface area contributed by atoms with Crippen molar-refractivity contribution in [1.29, 1.82) is 0 Å². The third-order valence-electron chi connectivity index (χ3n) is 1.85. The van der Waals surface area contributed by atoms with Gasteiger partial charge in [0, 0.05) is 0 Å². The smallest absolute Gasteiger partial charge is 0.0514 e. The SMILES string of the molecule is CC(C)[C@@H](C)C[C@@H](C)O. The van der Waals surface area contributed by atoms with Crippen molar-refractivity contribution in [3.8, 4) is 0 Å². The highest BCUT2D eigenvalue weighted by Gasteiger charge is 2.08. The Bertz CT molecular complexity index is 67.0. The minimum Gasteiger partial charge on any atom is -0.393 e. The Labute approximate surface area is 58.1 Å². The zero-order valence-electron chi connectivity index (χ0n) is 6.89. The molecule has 0 amide bonds. The molecule has 0 unspecified atom stereocenters. The van der Waals surface area contributed by atoms with Crippen molar-refractivity contribution < 1.29 is 5.11 Å². The second-order valence-corrected chi connectivity index (χ2v) is 3.31. The molecule has 0 aromatic carbocycles. The van der Waals surface area contributed by atoms with Gasteiger partial charge in [-0.25, -0.2) is 0 Å². The molecule has 0 fully saturated rings. The maximum absolute atomic E-state index is 8.97. The molecule has 0 rings (SSSR count). The lowest BCUT2D eigenvalue weighted by Crippen LogP contribution is -2.11. The number of aliphatic hydroxyl groups excluding tert-OH is 1. The second kappa shape index (κ2) is 3.89. The molecule has 0 saturated heterocycles. The quantitative estimate of drug-likeness (QED) is 0.620. The van der Waals surface area contributed by atoms with Crippen molar-refractivity contribution in [2.75, 3.05) is 0 Å². The monoisotopic (exact) mass is 130 g/mol. The number of hydrogen-bond donors (Lipinski definition) is 1. The molecule has 0 bridgehead atoms. The first-order valence-corrected chi connectivity index (χ1v) is 3.72. The van der Waals surface area contributed by atoms with Crippen LogP contribution >= 0.6 is 0 Å². The average Bonchev–Trinajstić information content (AvgIpc) is 1.63. The first-order valence-electron chi connectivity index (χ1n) is 3.72. The van der Waals surface area contributed by atoms with Gasteiger partial charge in [0.25, 0.3) is 0 Å². The highest BCUT2D eigenvalue weighted by atomic mass is 16.3. The van der Waals surface area contributed by atoms with E-state index < -0.39 is 0 Å². The van der Waals surface area contributed by atoms with Crippen LogP contribution in [-0.2, 0) is 0 Å². The van der Waals surface area contributed by atoms with E-state index in [0.29, 0.717) is 11.8 Å². The lowest BCUT2D eigenvalue weighted by Gasteiger charge is -2.16. The molecule has 1 nitrogen and oxygen atoms in total. The van der Waals surface area contributed by atoms with Crippen molar-refractivity contribution in [1.82, 2.24) is 0 Å². The molecule has 0 aliphatic rings. The van der Waals surface area contributed by atoms with Gasteiger partial charge in [0.15, 0.2) is 0 Å². The first kappa shape index (κ1) is 8.96. The van der Waals surface area contributed by atoms with Gasteiger partial charge in [-0.05, 0) is 25.2 Å². The summed E-state index contributed by atoms with van der Waals surface area (Å²) in [6, 6.07) is 0. The van der Waals surface area contributed by atoms with Crippen LogP contribution in [0.3, 0.4) is 0 Å². The maximum Gasteiger partial charge on any atom is 0.0514 e.